The Balaban J connectivity index is 2.42. The van der Waals surface area contributed by atoms with Crippen LogP contribution in [0.3, 0.4) is 0 Å². The van der Waals surface area contributed by atoms with Crippen LogP contribution in [-0.2, 0) is 30.5 Å². The lowest BCUT2D eigenvalue weighted by Gasteiger charge is -2.15. The SMILES string of the molecule is CC(=O)OCC(=O)N[C@@H](CO)C(=O)OCc1ccccc1. The quantitative estimate of drug-likeness (QED) is 0.674. The van der Waals surface area contributed by atoms with Crippen LogP contribution in [0.4, 0.5) is 0 Å². The van der Waals surface area contributed by atoms with Crippen LogP contribution in [0.2, 0.25) is 0 Å². The Morgan fingerprint density at radius 2 is 1.86 bits per heavy atom. The lowest BCUT2D eigenvalue weighted by Crippen LogP contribution is -2.45. The van der Waals surface area contributed by atoms with E-state index in [1.54, 1.807) is 24.3 Å². The van der Waals surface area contributed by atoms with Crippen LogP contribution in [0.15, 0.2) is 30.3 Å². The molecule has 7 nitrogen and oxygen atoms in total. The highest BCUT2D eigenvalue weighted by atomic mass is 16.5. The summed E-state index contributed by atoms with van der Waals surface area (Å²) in [5.74, 6) is -2.07. The molecular weight excluding hydrogens is 278 g/mol. The van der Waals surface area contributed by atoms with Gasteiger partial charge in [-0.3, -0.25) is 9.59 Å². The van der Waals surface area contributed by atoms with Crippen molar-refractivity contribution in [3.05, 3.63) is 35.9 Å². The minimum atomic E-state index is -1.20. The van der Waals surface area contributed by atoms with E-state index in [9.17, 15) is 14.4 Å². The fourth-order valence-electron chi connectivity index (χ4n) is 1.41. The van der Waals surface area contributed by atoms with Gasteiger partial charge in [0, 0.05) is 6.92 Å². The molecule has 7 heteroatoms. The van der Waals surface area contributed by atoms with E-state index in [4.69, 9.17) is 9.84 Å². The number of aliphatic hydroxyl groups is 1. The molecule has 0 saturated heterocycles. The molecule has 1 rings (SSSR count). The van der Waals surface area contributed by atoms with E-state index >= 15 is 0 Å². The molecule has 0 fully saturated rings. The summed E-state index contributed by atoms with van der Waals surface area (Å²) in [4.78, 5) is 33.7. The molecule has 0 saturated carbocycles. The summed E-state index contributed by atoms with van der Waals surface area (Å²) >= 11 is 0. The smallest absolute Gasteiger partial charge is 0.331 e. The van der Waals surface area contributed by atoms with Gasteiger partial charge in [-0.2, -0.15) is 0 Å². The molecule has 0 spiro atoms. The van der Waals surface area contributed by atoms with Crippen molar-refractivity contribution in [1.82, 2.24) is 5.32 Å². The molecule has 1 aromatic rings. The molecule has 0 radical (unpaired) electrons. The number of amides is 1. The summed E-state index contributed by atoms with van der Waals surface area (Å²) in [6.45, 7) is 0.0676. The van der Waals surface area contributed by atoms with Crippen molar-refractivity contribution in [2.24, 2.45) is 0 Å². The first kappa shape index (κ1) is 16.6. The Morgan fingerprint density at radius 1 is 1.19 bits per heavy atom. The summed E-state index contributed by atoms with van der Waals surface area (Å²) in [5, 5.41) is 11.3. The standard InChI is InChI=1S/C14H17NO6/c1-10(17)20-9-13(18)15-12(7-16)14(19)21-8-11-5-3-2-4-6-11/h2-6,12,16H,7-9H2,1H3,(H,15,18)/t12-/m0/s1. The monoisotopic (exact) mass is 295 g/mol. The summed E-state index contributed by atoms with van der Waals surface area (Å²) in [7, 11) is 0. The van der Waals surface area contributed by atoms with Gasteiger partial charge < -0.3 is 19.9 Å². The number of esters is 2. The third-order valence-electron chi connectivity index (χ3n) is 2.43. The first-order valence-corrected chi connectivity index (χ1v) is 6.27. The predicted molar refractivity (Wildman–Crippen MR) is 71.9 cm³/mol. The van der Waals surface area contributed by atoms with E-state index in [0.29, 0.717) is 0 Å². The second-order valence-corrected chi connectivity index (χ2v) is 4.18. The molecule has 2 N–H and O–H groups in total. The average Bonchev–Trinajstić information content (AvgIpc) is 2.49. The van der Waals surface area contributed by atoms with Gasteiger partial charge in [-0.15, -0.1) is 0 Å². The van der Waals surface area contributed by atoms with E-state index in [1.807, 2.05) is 6.07 Å². The first-order chi connectivity index (χ1) is 10.0. The van der Waals surface area contributed by atoms with Crippen LogP contribution in [0, 0.1) is 0 Å². The van der Waals surface area contributed by atoms with Crippen molar-refractivity contribution in [2.45, 2.75) is 19.6 Å². The van der Waals surface area contributed by atoms with Gasteiger partial charge in [0.05, 0.1) is 6.61 Å². The van der Waals surface area contributed by atoms with Crippen LogP contribution in [-0.4, -0.2) is 42.2 Å². The summed E-state index contributed by atoms with van der Waals surface area (Å²) < 4.78 is 9.46. The molecule has 0 bridgehead atoms. The molecule has 0 unspecified atom stereocenters. The Bertz CT molecular complexity index is 487. The molecule has 0 aliphatic heterocycles. The fourth-order valence-corrected chi connectivity index (χ4v) is 1.41. The average molecular weight is 295 g/mol. The molecular formula is C14H17NO6. The fraction of sp³-hybridized carbons (Fsp3) is 0.357. The maximum atomic E-state index is 11.7. The van der Waals surface area contributed by atoms with Crippen molar-refractivity contribution < 1.29 is 29.0 Å². The van der Waals surface area contributed by atoms with Gasteiger partial charge in [-0.1, -0.05) is 30.3 Å². The van der Waals surface area contributed by atoms with Gasteiger partial charge in [-0.25, -0.2) is 4.79 Å². The number of nitrogens with one attached hydrogen (secondary N) is 1. The van der Waals surface area contributed by atoms with Gasteiger partial charge in [0.1, 0.15) is 6.61 Å². The third-order valence-corrected chi connectivity index (χ3v) is 2.43. The minimum Gasteiger partial charge on any atom is -0.459 e. The summed E-state index contributed by atoms with van der Waals surface area (Å²) in [6, 6.07) is 7.79. The van der Waals surface area contributed by atoms with Crippen LogP contribution < -0.4 is 5.32 Å². The summed E-state index contributed by atoms with van der Waals surface area (Å²) in [6.07, 6.45) is 0. The predicted octanol–water partition coefficient (Wildman–Crippen LogP) is -0.230. The van der Waals surface area contributed by atoms with Crippen molar-refractivity contribution in [1.29, 1.82) is 0 Å². The Kier molecular flexibility index (Phi) is 6.90. The molecule has 0 aliphatic carbocycles. The highest BCUT2D eigenvalue weighted by Gasteiger charge is 2.21. The second-order valence-electron chi connectivity index (χ2n) is 4.18. The molecule has 0 aromatic heterocycles. The van der Waals surface area contributed by atoms with Gasteiger partial charge in [0.25, 0.3) is 5.91 Å². The molecule has 21 heavy (non-hydrogen) atoms. The molecule has 1 aromatic carbocycles. The highest BCUT2D eigenvalue weighted by Crippen LogP contribution is 2.02. The largest absolute Gasteiger partial charge is 0.459 e. The second kappa shape index (κ2) is 8.70. The van der Waals surface area contributed by atoms with Crippen molar-refractivity contribution in [3.63, 3.8) is 0 Å². The Labute approximate surface area is 121 Å². The number of ether oxygens (including phenoxy) is 2. The van der Waals surface area contributed by atoms with Crippen LogP contribution in [0.5, 0.6) is 0 Å². The minimum absolute atomic E-state index is 0.0377. The molecule has 0 aliphatic rings. The molecule has 1 atom stereocenters. The zero-order chi connectivity index (χ0) is 15.7. The zero-order valence-corrected chi connectivity index (χ0v) is 11.6. The van der Waals surface area contributed by atoms with Crippen LogP contribution >= 0.6 is 0 Å². The van der Waals surface area contributed by atoms with Crippen molar-refractivity contribution in [3.8, 4) is 0 Å². The van der Waals surface area contributed by atoms with Gasteiger partial charge >= 0.3 is 11.9 Å². The maximum absolute atomic E-state index is 11.7. The third kappa shape index (κ3) is 6.53. The van der Waals surface area contributed by atoms with E-state index in [1.165, 1.54) is 0 Å². The zero-order valence-electron chi connectivity index (χ0n) is 11.6. The number of hydrogen-bond acceptors (Lipinski definition) is 6. The lowest BCUT2D eigenvalue weighted by molar-refractivity contribution is -0.152. The number of carbonyl (C=O) groups excluding carboxylic acids is 3. The van der Waals surface area contributed by atoms with E-state index in [2.05, 4.69) is 10.1 Å². The maximum Gasteiger partial charge on any atom is 0.331 e. The molecule has 114 valence electrons. The van der Waals surface area contributed by atoms with Gasteiger partial charge in [0.2, 0.25) is 0 Å². The van der Waals surface area contributed by atoms with Gasteiger partial charge in [0.15, 0.2) is 12.6 Å². The van der Waals surface area contributed by atoms with Gasteiger partial charge in [-0.05, 0) is 5.56 Å². The molecule has 1 amide bonds. The number of carbonyl (C=O) groups is 3. The lowest BCUT2D eigenvalue weighted by atomic mass is 10.2. The van der Waals surface area contributed by atoms with E-state index < -0.39 is 37.1 Å². The number of hydrogen-bond donors (Lipinski definition) is 2. The van der Waals surface area contributed by atoms with Crippen LogP contribution in [0.25, 0.3) is 0 Å². The number of rotatable bonds is 7. The van der Waals surface area contributed by atoms with Crippen LogP contribution in [0.1, 0.15) is 12.5 Å². The van der Waals surface area contributed by atoms with Crippen molar-refractivity contribution >= 4 is 17.8 Å². The summed E-state index contributed by atoms with van der Waals surface area (Å²) in [5.41, 5.74) is 0.786. The van der Waals surface area contributed by atoms with E-state index in [-0.39, 0.29) is 6.61 Å². The number of aliphatic hydroxyl groups excluding tert-OH is 1. The van der Waals surface area contributed by atoms with E-state index in [0.717, 1.165) is 12.5 Å². The topological polar surface area (TPSA) is 102 Å². The Morgan fingerprint density at radius 3 is 2.43 bits per heavy atom. The normalized spacial score (nSPS) is 11.3. The number of benzene rings is 1. The van der Waals surface area contributed by atoms with Crippen molar-refractivity contribution in [2.75, 3.05) is 13.2 Å². The highest BCUT2D eigenvalue weighted by molar-refractivity contribution is 5.86. The Hall–Kier alpha value is -2.41. The first-order valence-electron chi connectivity index (χ1n) is 6.27. The molecule has 0 heterocycles.